The zero-order valence-corrected chi connectivity index (χ0v) is 44.1. The van der Waals surface area contributed by atoms with E-state index in [0.717, 1.165) is 31.2 Å². The molecule has 14 heteroatoms. The normalized spacial score (nSPS) is 17.9. The van der Waals surface area contributed by atoms with Crippen LogP contribution in [-0.4, -0.2) is 78.2 Å². The lowest BCUT2D eigenvalue weighted by Crippen LogP contribution is -2.62. The molecule has 1 aliphatic rings. The quantitative estimate of drug-likeness (QED) is 0.00977. The molecule has 0 bridgehead atoms. The molecule has 5 aromatic carbocycles. The smallest absolute Gasteiger partial charge is 0.338 e. The van der Waals surface area contributed by atoms with E-state index in [1.807, 2.05) is 30.3 Å². The van der Waals surface area contributed by atoms with E-state index in [2.05, 4.69) is 16.9 Å². The first-order valence-corrected chi connectivity index (χ1v) is 27.9. The lowest BCUT2D eigenvalue weighted by Gasteiger charge is -2.44. The zero-order chi connectivity index (χ0) is 52.7. The average Bonchev–Trinajstić information content (AvgIpc) is 3.45. The number of benzene rings is 5. The fourth-order valence-corrected chi connectivity index (χ4v) is 10.3. The van der Waals surface area contributed by atoms with Gasteiger partial charge >= 0.3 is 23.9 Å². The predicted molar refractivity (Wildman–Crippen MR) is 292 cm³/mol. The summed E-state index contributed by atoms with van der Waals surface area (Å²) in [6, 6.07) is 42.2. The fourth-order valence-electron chi connectivity index (χ4n) is 9.02. The van der Waals surface area contributed by atoms with E-state index < -0.39 is 72.5 Å². The molecule has 0 saturated carbocycles. The Bertz CT molecular complexity index is 2470. The number of nitrogens with zero attached hydrogens (tertiary/aromatic N) is 3. The predicted octanol–water partition coefficient (Wildman–Crippen LogP) is 14.5. The minimum atomic E-state index is -1.52. The van der Waals surface area contributed by atoms with Crippen molar-refractivity contribution in [3.63, 3.8) is 0 Å². The Morgan fingerprint density at radius 3 is 1.39 bits per heavy atom. The number of ether oxygens (including phenoxy) is 6. The average molecular weight is 1040 g/mol. The molecule has 1 aliphatic heterocycles. The van der Waals surface area contributed by atoms with Crippen molar-refractivity contribution in [2.45, 2.75) is 158 Å². The Morgan fingerprint density at radius 2 is 0.933 bits per heavy atom. The third kappa shape index (κ3) is 20.0. The highest BCUT2D eigenvalue weighted by Crippen LogP contribution is 2.37. The molecule has 7 atom stereocenters. The summed E-state index contributed by atoms with van der Waals surface area (Å²) >= 11 is 1.17. The molecule has 1 fully saturated rings. The molecule has 0 spiro atoms. The molecule has 0 radical (unpaired) electrons. The summed E-state index contributed by atoms with van der Waals surface area (Å²) in [5.74, 6) is -2.91. The van der Waals surface area contributed by atoms with Gasteiger partial charge in [-0.25, -0.2) is 19.2 Å². The van der Waals surface area contributed by atoms with E-state index in [-0.39, 0.29) is 34.6 Å². The van der Waals surface area contributed by atoms with E-state index in [0.29, 0.717) is 6.42 Å². The van der Waals surface area contributed by atoms with Crippen molar-refractivity contribution in [3.8, 4) is 0 Å². The van der Waals surface area contributed by atoms with Gasteiger partial charge in [0.1, 0.15) is 18.1 Å². The van der Waals surface area contributed by atoms with E-state index in [9.17, 15) is 24.7 Å². The first-order chi connectivity index (χ1) is 36.8. The van der Waals surface area contributed by atoms with Gasteiger partial charge in [-0.3, -0.25) is 0 Å². The largest absolute Gasteiger partial charge is 0.459 e. The fraction of sp³-hybridized carbons (Fsp3) is 0.443. The minimum absolute atomic E-state index is 0.108. The van der Waals surface area contributed by atoms with Crippen molar-refractivity contribution in [3.05, 3.63) is 190 Å². The van der Waals surface area contributed by atoms with Crippen molar-refractivity contribution in [2.24, 2.45) is 5.11 Å². The lowest BCUT2D eigenvalue weighted by molar-refractivity contribution is -0.207. The van der Waals surface area contributed by atoms with Crippen LogP contribution in [-0.2, 0) is 35.0 Å². The van der Waals surface area contributed by atoms with Crippen LogP contribution in [0.1, 0.15) is 157 Å². The number of thioether (sulfide) groups is 1. The van der Waals surface area contributed by atoms with Gasteiger partial charge in [0.2, 0.25) is 0 Å². The third-order valence-electron chi connectivity index (χ3n) is 13.2. The molecule has 0 aliphatic carbocycles. The van der Waals surface area contributed by atoms with Crippen LogP contribution in [0.25, 0.3) is 10.4 Å². The Labute approximate surface area is 447 Å². The summed E-state index contributed by atoms with van der Waals surface area (Å²) in [7, 11) is 0. The number of azide groups is 1. The molecule has 0 amide bonds. The summed E-state index contributed by atoms with van der Waals surface area (Å²) < 4.78 is 38.1. The van der Waals surface area contributed by atoms with Crippen LogP contribution < -0.4 is 0 Å². The molecule has 5 aromatic rings. The van der Waals surface area contributed by atoms with Crippen molar-refractivity contribution in [1.82, 2.24) is 0 Å². The number of rotatable bonds is 33. The van der Waals surface area contributed by atoms with Crippen LogP contribution in [0.4, 0.5) is 0 Å². The first kappa shape index (κ1) is 57.8. The Balaban J connectivity index is 1.24. The molecular weight excluding hydrogens is 967 g/mol. The first-order valence-electron chi connectivity index (χ1n) is 26.8. The number of carbonyl (C=O) groups is 4. The van der Waals surface area contributed by atoms with Crippen molar-refractivity contribution in [2.75, 3.05) is 12.4 Å². The third-order valence-corrected chi connectivity index (χ3v) is 14.4. The van der Waals surface area contributed by atoms with Gasteiger partial charge in [-0.05, 0) is 66.0 Å². The Morgan fingerprint density at radius 1 is 0.533 bits per heavy atom. The molecule has 1 saturated heterocycles. The van der Waals surface area contributed by atoms with E-state index in [1.54, 1.807) is 121 Å². The van der Waals surface area contributed by atoms with Crippen molar-refractivity contribution >= 4 is 35.6 Å². The van der Waals surface area contributed by atoms with Crippen LogP contribution in [0.5, 0.6) is 0 Å². The minimum Gasteiger partial charge on any atom is -0.459 e. The summed E-state index contributed by atoms with van der Waals surface area (Å²) in [6.45, 7) is 2.08. The van der Waals surface area contributed by atoms with Gasteiger partial charge in [0.25, 0.3) is 0 Å². The van der Waals surface area contributed by atoms with Gasteiger partial charge in [-0.2, -0.15) is 0 Å². The van der Waals surface area contributed by atoms with Crippen LogP contribution in [0.15, 0.2) is 157 Å². The maximum atomic E-state index is 14.2. The highest BCUT2D eigenvalue weighted by atomic mass is 32.2. The molecule has 6 rings (SSSR count). The molecule has 75 heavy (non-hydrogen) atoms. The van der Waals surface area contributed by atoms with Gasteiger partial charge in [0.15, 0.2) is 18.3 Å². The molecule has 0 N–H and O–H groups in total. The summed E-state index contributed by atoms with van der Waals surface area (Å²) in [6.07, 6.45) is 12.9. The standard InChI is InChI=1S/C61H73N3O10S/c1-2-3-4-5-6-7-8-9-10-11-12-13-14-15-31-42-52(69-43-46-32-21-16-22-33-46)51(63-64-62)45-75-61-56(74-60(68)50-40-29-20-30-41-50)55(73-59(67)49-38-27-19-28-39-49)54(72-58(66)48-36-25-18-26-37-48)53(71-61)44-70-57(65)47-34-23-17-24-35-47/h16-30,32-41,51-56,61H,2-15,31,42-45H2,1H3/t51-,52+,53+,54-,55-,56+,61-/m0/s1. The highest BCUT2D eigenvalue weighted by molar-refractivity contribution is 7.99. The van der Waals surface area contributed by atoms with Crippen LogP contribution in [0.3, 0.4) is 0 Å². The molecule has 13 nitrogen and oxygen atoms in total. The topological polar surface area (TPSA) is 172 Å². The van der Waals surface area contributed by atoms with E-state index >= 15 is 0 Å². The van der Waals surface area contributed by atoms with Crippen LogP contribution in [0.2, 0.25) is 0 Å². The summed E-state index contributed by atoms with van der Waals surface area (Å²) in [5, 5.41) is 4.30. The van der Waals surface area contributed by atoms with Crippen LogP contribution in [0, 0.1) is 0 Å². The van der Waals surface area contributed by atoms with Gasteiger partial charge in [-0.1, -0.05) is 211 Å². The highest BCUT2D eigenvalue weighted by Gasteiger charge is 2.53. The number of hydrogen-bond acceptors (Lipinski definition) is 12. The Kier molecular flexibility index (Phi) is 25.8. The van der Waals surface area contributed by atoms with E-state index in [1.165, 1.54) is 82.4 Å². The Hall–Kier alpha value is -6.44. The number of hydrogen-bond donors (Lipinski definition) is 0. The maximum absolute atomic E-state index is 14.2. The van der Waals surface area contributed by atoms with Crippen molar-refractivity contribution in [1.29, 1.82) is 0 Å². The number of carbonyl (C=O) groups excluding carboxylic acids is 4. The van der Waals surface area contributed by atoms with Crippen LogP contribution >= 0.6 is 11.8 Å². The molecule has 0 aromatic heterocycles. The summed E-state index contributed by atoms with van der Waals surface area (Å²) in [4.78, 5) is 59.2. The second-order valence-electron chi connectivity index (χ2n) is 18.9. The van der Waals surface area contributed by atoms with Gasteiger partial charge in [-0.15, -0.1) is 11.8 Å². The molecule has 0 unspecified atom stereocenters. The second kappa shape index (κ2) is 33.5. The van der Waals surface area contributed by atoms with Gasteiger partial charge in [0, 0.05) is 10.7 Å². The summed E-state index contributed by atoms with van der Waals surface area (Å²) in [5.41, 5.74) is 10.7. The lowest BCUT2D eigenvalue weighted by atomic mass is 9.98. The molecule has 398 valence electrons. The number of unbranched alkanes of at least 4 members (excludes halogenated alkanes) is 14. The van der Waals surface area contributed by atoms with Crippen molar-refractivity contribution < 1.29 is 47.6 Å². The zero-order valence-electron chi connectivity index (χ0n) is 43.2. The number of esters is 4. The SMILES string of the molecule is CCCCCCCCCCCCCCCCC[C@@H](OCc1ccccc1)[C@H](CS[C@@H]1O[C@H](COC(=O)c2ccccc2)[C@H](OC(=O)c2ccccc2)[C@H](OC(=O)c2ccccc2)[C@H]1OC(=O)c1ccccc1)N=[N+]=[N-]. The van der Waals surface area contributed by atoms with Gasteiger partial charge in [0.05, 0.1) is 41.0 Å². The monoisotopic (exact) mass is 1040 g/mol. The van der Waals surface area contributed by atoms with Gasteiger partial charge < -0.3 is 28.4 Å². The maximum Gasteiger partial charge on any atom is 0.338 e. The molecular formula is C61H73N3O10S. The van der Waals surface area contributed by atoms with E-state index in [4.69, 9.17) is 28.4 Å². The molecule has 1 heterocycles. The second-order valence-corrected chi connectivity index (χ2v) is 20.0.